The van der Waals surface area contributed by atoms with Gasteiger partial charge in [0, 0.05) is 0 Å². The summed E-state index contributed by atoms with van der Waals surface area (Å²) in [4.78, 5) is 0. The Kier molecular flexibility index (Phi) is 15.5. The number of ether oxygens (including phenoxy) is 2. The van der Waals surface area contributed by atoms with Crippen LogP contribution in [-0.4, -0.2) is 13.2 Å². The number of rotatable bonds is 4. The monoisotopic (exact) mass is 320 g/mol. The van der Waals surface area contributed by atoms with Crippen LogP contribution in [0.2, 0.25) is 0 Å². The van der Waals surface area contributed by atoms with Gasteiger partial charge in [-0.3, -0.25) is 0 Å². The summed E-state index contributed by atoms with van der Waals surface area (Å²) in [5.41, 5.74) is 0. The van der Waals surface area contributed by atoms with Crippen molar-refractivity contribution in [2.75, 3.05) is 13.2 Å². The van der Waals surface area contributed by atoms with Crippen LogP contribution in [0.4, 0.5) is 0 Å². The van der Waals surface area contributed by atoms with Gasteiger partial charge in [-0.05, 0) is 26.0 Å². The van der Waals surface area contributed by atoms with E-state index in [0.717, 1.165) is 0 Å². The maximum absolute atomic E-state index is 10.9. The van der Waals surface area contributed by atoms with Gasteiger partial charge in [-0.1, -0.05) is 47.9 Å². The SMILES string of the molecule is CCOc1ccccc1[O-].CCOc1ccccc1[O-].[Na+].[Na+]. The predicted octanol–water partition coefficient (Wildman–Crippen LogP) is -3.67. The van der Waals surface area contributed by atoms with E-state index in [1.807, 2.05) is 13.8 Å². The minimum Gasteiger partial charge on any atom is -0.870 e. The first-order valence-electron chi connectivity index (χ1n) is 6.46. The Hall–Kier alpha value is -0.360. The first kappa shape index (κ1) is 23.9. The van der Waals surface area contributed by atoms with Crippen LogP contribution < -0.4 is 78.8 Å². The van der Waals surface area contributed by atoms with Gasteiger partial charge >= 0.3 is 59.1 Å². The Morgan fingerprint density at radius 2 is 1.00 bits per heavy atom. The van der Waals surface area contributed by atoms with Crippen molar-refractivity contribution in [2.24, 2.45) is 0 Å². The Morgan fingerprint density at radius 1 is 0.682 bits per heavy atom. The Balaban J connectivity index is 0. The summed E-state index contributed by atoms with van der Waals surface area (Å²) in [6.45, 7) is 4.79. The zero-order chi connectivity index (χ0) is 14.8. The van der Waals surface area contributed by atoms with E-state index in [-0.39, 0.29) is 70.6 Å². The fourth-order valence-electron chi connectivity index (χ4n) is 1.45. The molecule has 0 bridgehead atoms. The Labute approximate surface area is 176 Å². The van der Waals surface area contributed by atoms with Crippen molar-refractivity contribution in [3.8, 4) is 23.0 Å². The van der Waals surface area contributed by atoms with E-state index >= 15 is 0 Å². The molecule has 2 rings (SSSR count). The number of para-hydroxylation sites is 4. The summed E-state index contributed by atoms with van der Waals surface area (Å²) in [6.07, 6.45) is 0. The smallest absolute Gasteiger partial charge is 0.870 e. The molecule has 0 atom stereocenters. The summed E-state index contributed by atoms with van der Waals surface area (Å²) < 4.78 is 10.0. The molecule has 0 unspecified atom stereocenters. The molecule has 0 aliphatic rings. The van der Waals surface area contributed by atoms with Gasteiger partial charge in [-0.2, -0.15) is 0 Å². The minimum absolute atomic E-state index is 0. The molecule has 2 aromatic carbocycles. The molecular formula is C16H18Na2O4. The van der Waals surface area contributed by atoms with Crippen molar-refractivity contribution in [3.63, 3.8) is 0 Å². The van der Waals surface area contributed by atoms with Gasteiger partial charge in [-0.25, -0.2) is 0 Å². The van der Waals surface area contributed by atoms with Crippen LogP contribution >= 0.6 is 0 Å². The largest absolute Gasteiger partial charge is 1.00 e. The molecule has 0 radical (unpaired) electrons. The van der Waals surface area contributed by atoms with E-state index in [1.54, 1.807) is 36.4 Å². The quantitative estimate of drug-likeness (QED) is 0.545. The van der Waals surface area contributed by atoms with Gasteiger partial charge in [0.2, 0.25) is 0 Å². The van der Waals surface area contributed by atoms with Crippen LogP contribution in [0.25, 0.3) is 0 Å². The first-order valence-corrected chi connectivity index (χ1v) is 6.46. The van der Waals surface area contributed by atoms with Crippen molar-refractivity contribution < 1.29 is 78.8 Å². The summed E-state index contributed by atoms with van der Waals surface area (Å²) >= 11 is 0. The average molecular weight is 320 g/mol. The second-order valence-corrected chi connectivity index (χ2v) is 3.76. The van der Waals surface area contributed by atoms with Crippen LogP contribution in [0.1, 0.15) is 13.8 Å². The summed E-state index contributed by atoms with van der Waals surface area (Å²) in [5, 5.41) is 21.8. The van der Waals surface area contributed by atoms with Crippen molar-refractivity contribution in [1.29, 1.82) is 0 Å². The van der Waals surface area contributed by atoms with E-state index in [1.165, 1.54) is 12.1 Å². The molecule has 0 fully saturated rings. The molecule has 2 aromatic rings. The van der Waals surface area contributed by atoms with E-state index < -0.39 is 0 Å². The third-order valence-electron chi connectivity index (χ3n) is 2.30. The second-order valence-electron chi connectivity index (χ2n) is 3.76. The van der Waals surface area contributed by atoms with Gasteiger partial charge in [0.1, 0.15) is 11.5 Å². The average Bonchev–Trinajstić information content (AvgIpc) is 2.45. The van der Waals surface area contributed by atoms with E-state index in [0.29, 0.717) is 24.7 Å². The summed E-state index contributed by atoms with van der Waals surface area (Å²) in [6, 6.07) is 13.3. The van der Waals surface area contributed by atoms with Gasteiger partial charge in [0.05, 0.1) is 13.2 Å². The van der Waals surface area contributed by atoms with Crippen molar-refractivity contribution >= 4 is 0 Å². The third kappa shape index (κ3) is 8.93. The molecule has 6 heteroatoms. The maximum Gasteiger partial charge on any atom is 1.00 e. The topological polar surface area (TPSA) is 64.6 Å². The summed E-state index contributed by atoms with van der Waals surface area (Å²) in [7, 11) is 0. The third-order valence-corrected chi connectivity index (χ3v) is 2.30. The van der Waals surface area contributed by atoms with Crippen molar-refractivity contribution in [1.82, 2.24) is 0 Å². The normalized spacial score (nSPS) is 8.45. The number of benzene rings is 2. The first-order chi connectivity index (χ1) is 9.69. The van der Waals surface area contributed by atoms with Crippen LogP contribution in [0.5, 0.6) is 23.0 Å². The molecule has 22 heavy (non-hydrogen) atoms. The van der Waals surface area contributed by atoms with E-state index in [4.69, 9.17) is 9.47 Å². The molecule has 0 aliphatic heterocycles. The molecular weight excluding hydrogens is 302 g/mol. The molecule has 0 aliphatic carbocycles. The molecule has 0 N–H and O–H groups in total. The van der Waals surface area contributed by atoms with Crippen LogP contribution in [-0.2, 0) is 0 Å². The molecule has 108 valence electrons. The number of hydrogen-bond donors (Lipinski definition) is 0. The summed E-state index contributed by atoms with van der Waals surface area (Å²) in [5.74, 6) is 0.767. The van der Waals surface area contributed by atoms with E-state index in [9.17, 15) is 10.2 Å². The second kappa shape index (κ2) is 14.2. The molecule has 0 amide bonds. The molecule has 0 saturated carbocycles. The fraction of sp³-hybridized carbons (Fsp3) is 0.250. The van der Waals surface area contributed by atoms with Crippen LogP contribution in [0, 0.1) is 0 Å². The standard InChI is InChI=1S/2C8H10O2.2Na/c2*1-2-10-8-6-4-3-5-7(8)9;;/h2*3-6,9H,2H2,1H3;;/q;;2*+1/p-2. The van der Waals surface area contributed by atoms with Gasteiger partial charge < -0.3 is 19.7 Å². The van der Waals surface area contributed by atoms with Crippen molar-refractivity contribution in [3.05, 3.63) is 48.5 Å². The van der Waals surface area contributed by atoms with Crippen LogP contribution in [0.15, 0.2) is 48.5 Å². The zero-order valence-corrected chi connectivity index (χ0v) is 17.7. The predicted molar refractivity (Wildman–Crippen MR) is 74.1 cm³/mol. The minimum atomic E-state index is -0.0515. The molecule has 0 spiro atoms. The Morgan fingerprint density at radius 3 is 1.27 bits per heavy atom. The van der Waals surface area contributed by atoms with Gasteiger partial charge in [0.15, 0.2) is 0 Å². The molecule has 0 heterocycles. The van der Waals surface area contributed by atoms with Crippen LogP contribution in [0.3, 0.4) is 0 Å². The molecule has 4 nitrogen and oxygen atoms in total. The zero-order valence-electron chi connectivity index (χ0n) is 13.7. The van der Waals surface area contributed by atoms with E-state index in [2.05, 4.69) is 0 Å². The van der Waals surface area contributed by atoms with Gasteiger partial charge in [-0.15, -0.1) is 0 Å². The Bertz CT molecular complexity index is 474. The maximum atomic E-state index is 10.9. The van der Waals surface area contributed by atoms with Crippen molar-refractivity contribution in [2.45, 2.75) is 13.8 Å². The number of hydrogen-bond acceptors (Lipinski definition) is 4. The molecule has 0 aromatic heterocycles. The van der Waals surface area contributed by atoms with Gasteiger partial charge in [0.25, 0.3) is 0 Å². The fourth-order valence-corrected chi connectivity index (χ4v) is 1.45. The molecule has 0 saturated heterocycles.